The van der Waals surface area contributed by atoms with Crippen molar-refractivity contribution in [3.05, 3.63) is 69.6 Å². The number of aromatic hydroxyl groups is 1. The summed E-state index contributed by atoms with van der Waals surface area (Å²) in [5, 5.41) is 11.0. The highest BCUT2D eigenvalue weighted by Crippen LogP contribution is 2.31. The first-order valence-corrected chi connectivity index (χ1v) is 8.51. The van der Waals surface area contributed by atoms with E-state index in [4.69, 9.17) is 8.97 Å². The second-order valence-corrected chi connectivity index (χ2v) is 6.92. The molecule has 0 spiro atoms. The first kappa shape index (κ1) is 16.2. The van der Waals surface area contributed by atoms with E-state index in [-0.39, 0.29) is 16.2 Å². The largest absolute Gasteiger partial charge is 0.504 e. The van der Waals surface area contributed by atoms with Gasteiger partial charge in [0.05, 0.1) is 4.90 Å². The van der Waals surface area contributed by atoms with Crippen LogP contribution >= 0.6 is 0 Å². The molecule has 1 aromatic heterocycles. The fourth-order valence-corrected chi connectivity index (χ4v) is 3.03. The van der Waals surface area contributed by atoms with Gasteiger partial charge in [-0.3, -0.25) is 4.55 Å². The monoisotopic (exact) mass is 346 g/mol. The normalized spacial score (nSPS) is 11.8. The average Bonchev–Trinajstić information content (AvgIpc) is 2.50. The maximum atomic E-state index is 11.5. The Labute approximate surface area is 137 Å². The lowest BCUT2D eigenvalue weighted by Crippen LogP contribution is -2.00. The van der Waals surface area contributed by atoms with Gasteiger partial charge in [-0.1, -0.05) is 24.3 Å². The highest BCUT2D eigenvalue weighted by Gasteiger charge is 2.13. The summed E-state index contributed by atoms with van der Waals surface area (Å²) in [5.41, 5.74) is 1.57. The fourth-order valence-electron chi connectivity index (χ4n) is 2.55. The molecule has 6 nitrogen and oxygen atoms in total. The Morgan fingerprint density at radius 1 is 1.08 bits per heavy atom. The second-order valence-electron chi connectivity index (χ2n) is 5.49. The molecule has 124 valence electrons. The summed E-state index contributed by atoms with van der Waals surface area (Å²) in [6.45, 7) is 1.76. The molecule has 0 radical (unpaired) electrons. The Balaban J connectivity index is 2.02. The van der Waals surface area contributed by atoms with Crippen LogP contribution in [-0.2, 0) is 16.5 Å². The molecule has 0 bridgehead atoms. The molecule has 2 aromatic carbocycles. The van der Waals surface area contributed by atoms with Crippen molar-refractivity contribution in [1.29, 1.82) is 0 Å². The van der Waals surface area contributed by atoms with Gasteiger partial charge < -0.3 is 9.52 Å². The van der Waals surface area contributed by atoms with Gasteiger partial charge >= 0.3 is 5.63 Å². The predicted molar refractivity (Wildman–Crippen MR) is 87.9 cm³/mol. The zero-order chi connectivity index (χ0) is 17.5. The van der Waals surface area contributed by atoms with Crippen molar-refractivity contribution in [2.45, 2.75) is 18.2 Å². The number of aryl methyl sites for hydroxylation is 1. The van der Waals surface area contributed by atoms with Crippen molar-refractivity contribution in [3.63, 3.8) is 0 Å². The van der Waals surface area contributed by atoms with Gasteiger partial charge in [0.15, 0.2) is 11.3 Å². The third-order valence-corrected chi connectivity index (χ3v) is 4.66. The number of hydrogen-bond donors (Lipinski definition) is 2. The fraction of sp³-hybridized carbons (Fsp3) is 0.118. The Hall–Kier alpha value is -2.64. The molecular formula is C17H14O6S. The van der Waals surface area contributed by atoms with E-state index in [0.29, 0.717) is 22.9 Å². The zero-order valence-corrected chi connectivity index (χ0v) is 13.5. The Morgan fingerprint density at radius 2 is 1.75 bits per heavy atom. The van der Waals surface area contributed by atoms with Gasteiger partial charge in [-0.15, -0.1) is 0 Å². The van der Waals surface area contributed by atoms with Crippen LogP contribution < -0.4 is 5.63 Å². The molecule has 3 aromatic rings. The van der Waals surface area contributed by atoms with Crippen molar-refractivity contribution in [2.75, 3.05) is 0 Å². The lowest BCUT2D eigenvalue weighted by molar-refractivity contribution is 0.452. The van der Waals surface area contributed by atoms with Crippen molar-refractivity contribution < 1.29 is 22.5 Å². The predicted octanol–water partition coefficient (Wildman–Crippen LogP) is 2.64. The van der Waals surface area contributed by atoms with Gasteiger partial charge in [0.2, 0.25) is 0 Å². The van der Waals surface area contributed by atoms with Gasteiger partial charge in [0, 0.05) is 23.4 Å². The van der Waals surface area contributed by atoms with Gasteiger partial charge in [-0.2, -0.15) is 8.42 Å². The molecule has 0 fully saturated rings. The second kappa shape index (κ2) is 5.77. The van der Waals surface area contributed by atoms with Crippen LogP contribution in [0.1, 0.15) is 16.7 Å². The van der Waals surface area contributed by atoms with Crippen LogP contribution in [0.3, 0.4) is 0 Å². The first-order chi connectivity index (χ1) is 11.3. The van der Waals surface area contributed by atoms with Crippen LogP contribution in [-0.4, -0.2) is 18.1 Å². The van der Waals surface area contributed by atoms with Crippen molar-refractivity contribution in [1.82, 2.24) is 0 Å². The minimum atomic E-state index is -4.24. The number of hydrogen-bond acceptors (Lipinski definition) is 5. The van der Waals surface area contributed by atoms with Crippen LogP contribution in [0.2, 0.25) is 0 Å². The molecule has 0 aliphatic carbocycles. The molecule has 3 rings (SSSR count). The highest BCUT2D eigenvalue weighted by atomic mass is 32.2. The van der Waals surface area contributed by atoms with E-state index in [1.807, 2.05) is 0 Å². The zero-order valence-electron chi connectivity index (χ0n) is 12.7. The topological polar surface area (TPSA) is 105 Å². The molecule has 0 saturated heterocycles. The number of rotatable bonds is 3. The maximum absolute atomic E-state index is 11.5. The first-order valence-electron chi connectivity index (χ1n) is 7.07. The number of phenols is 1. The van der Waals surface area contributed by atoms with E-state index in [9.17, 15) is 18.3 Å². The smallest absolute Gasteiger partial charge is 0.336 e. The third kappa shape index (κ3) is 3.04. The number of fused-ring (bicyclic) bond motifs is 1. The molecule has 0 atom stereocenters. The Bertz CT molecular complexity index is 1080. The molecule has 7 heteroatoms. The summed E-state index contributed by atoms with van der Waals surface area (Å²) in [7, 11) is -4.24. The highest BCUT2D eigenvalue weighted by molar-refractivity contribution is 7.85. The van der Waals surface area contributed by atoms with E-state index in [0.717, 1.165) is 5.56 Å². The van der Waals surface area contributed by atoms with Gasteiger partial charge in [0.25, 0.3) is 10.1 Å². The van der Waals surface area contributed by atoms with Crippen LogP contribution in [0.4, 0.5) is 0 Å². The van der Waals surface area contributed by atoms with E-state index in [1.54, 1.807) is 31.2 Å². The molecule has 0 aliphatic rings. The molecule has 0 unspecified atom stereocenters. The van der Waals surface area contributed by atoms with Crippen LogP contribution in [0.25, 0.3) is 11.0 Å². The average molecular weight is 346 g/mol. The minimum Gasteiger partial charge on any atom is -0.504 e. The summed E-state index contributed by atoms with van der Waals surface area (Å²) < 4.78 is 36.2. The third-order valence-electron chi connectivity index (χ3n) is 3.79. The van der Waals surface area contributed by atoms with E-state index >= 15 is 0 Å². The van der Waals surface area contributed by atoms with Gasteiger partial charge in [-0.25, -0.2) is 4.79 Å². The molecule has 0 saturated carbocycles. The molecule has 0 amide bonds. The molecular weight excluding hydrogens is 332 g/mol. The molecule has 1 heterocycles. The van der Waals surface area contributed by atoms with Crippen LogP contribution in [0, 0.1) is 6.92 Å². The Kier molecular flexibility index (Phi) is 3.90. The molecule has 24 heavy (non-hydrogen) atoms. The number of phenolic OH excluding ortho intramolecular Hbond substituents is 1. The molecule has 2 N–H and O–H groups in total. The number of benzene rings is 2. The summed E-state index contributed by atoms with van der Waals surface area (Å²) in [6, 6.07) is 10.5. The summed E-state index contributed by atoms with van der Waals surface area (Å²) >= 11 is 0. The van der Waals surface area contributed by atoms with Crippen molar-refractivity contribution in [2.24, 2.45) is 0 Å². The lowest BCUT2D eigenvalue weighted by Gasteiger charge is -2.09. The van der Waals surface area contributed by atoms with E-state index < -0.39 is 15.7 Å². The maximum Gasteiger partial charge on any atom is 0.336 e. The van der Waals surface area contributed by atoms with Gasteiger partial charge in [-0.05, 0) is 30.2 Å². The summed E-state index contributed by atoms with van der Waals surface area (Å²) in [6.07, 6.45) is 0.311. The van der Waals surface area contributed by atoms with E-state index in [2.05, 4.69) is 0 Å². The SMILES string of the molecule is Cc1cc(=O)oc2c(O)c(Cc3ccc(S(=O)(=O)O)cc3)ccc12. The molecule has 0 aliphatic heterocycles. The summed E-state index contributed by atoms with van der Waals surface area (Å²) in [5.74, 6) is -0.118. The van der Waals surface area contributed by atoms with Crippen molar-refractivity contribution >= 4 is 21.1 Å². The summed E-state index contributed by atoms with van der Waals surface area (Å²) in [4.78, 5) is 11.3. The Morgan fingerprint density at radius 3 is 2.38 bits per heavy atom. The lowest BCUT2D eigenvalue weighted by atomic mass is 10.0. The quantitative estimate of drug-likeness (QED) is 0.558. The standard InChI is InChI=1S/C17H14O6S/c1-10-8-15(18)23-17-14(10)7-4-12(16(17)19)9-11-2-5-13(6-3-11)24(20,21)22/h2-8,19H,9H2,1H3,(H,20,21,22). The van der Waals surface area contributed by atoms with Crippen LogP contribution in [0.5, 0.6) is 5.75 Å². The van der Waals surface area contributed by atoms with Crippen LogP contribution in [0.15, 0.2) is 56.6 Å². The van der Waals surface area contributed by atoms with Crippen molar-refractivity contribution in [3.8, 4) is 5.75 Å². The van der Waals surface area contributed by atoms with Gasteiger partial charge in [0.1, 0.15) is 0 Å². The van der Waals surface area contributed by atoms with E-state index in [1.165, 1.54) is 18.2 Å². The minimum absolute atomic E-state index is 0.118.